The molecule has 1 heterocycles. The number of hydrogen-bond donors (Lipinski definition) is 1. The second-order valence-electron chi connectivity index (χ2n) is 4.76. The Morgan fingerprint density at radius 1 is 1.24 bits per heavy atom. The predicted molar refractivity (Wildman–Crippen MR) is 75.4 cm³/mol. The Labute approximate surface area is 121 Å². The van der Waals surface area contributed by atoms with Gasteiger partial charge in [0.05, 0.1) is 11.4 Å². The predicted octanol–water partition coefficient (Wildman–Crippen LogP) is 2.53. The molecular formula is C14H14F2N2O2S. The van der Waals surface area contributed by atoms with Gasteiger partial charge in [0.25, 0.3) is 0 Å². The zero-order chi connectivity index (χ0) is 15.8. The van der Waals surface area contributed by atoms with Crippen molar-refractivity contribution < 1.29 is 17.2 Å². The van der Waals surface area contributed by atoms with E-state index in [1.165, 1.54) is 6.20 Å². The van der Waals surface area contributed by atoms with Gasteiger partial charge in [-0.05, 0) is 37.1 Å². The summed E-state index contributed by atoms with van der Waals surface area (Å²) in [7, 11) is -3.97. The minimum absolute atomic E-state index is 0.252. The molecule has 2 aromatic rings. The molecule has 0 saturated carbocycles. The van der Waals surface area contributed by atoms with Crippen molar-refractivity contribution in [1.82, 2.24) is 4.98 Å². The fourth-order valence-electron chi connectivity index (χ4n) is 1.92. The molecule has 2 rings (SSSR count). The highest BCUT2D eigenvalue weighted by molar-refractivity contribution is 7.90. The van der Waals surface area contributed by atoms with Crippen molar-refractivity contribution in [1.29, 1.82) is 0 Å². The monoisotopic (exact) mass is 312 g/mol. The average molecular weight is 312 g/mol. The smallest absolute Gasteiger partial charge is 0.186 e. The van der Waals surface area contributed by atoms with E-state index >= 15 is 0 Å². The van der Waals surface area contributed by atoms with Gasteiger partial charge in [-0.25, -0.2) is 17.2 Å². The maximum atomic E-state index is 13.6. The van der Waals surface area contributed by atoms with Crippen molar-refractivity contribution in [3.05, 3.63) is 52.9 Å². The molecule has 0 atom stereocenters. The molecule has 0 radical (unpaired) electrons. The Morgan fingerprint density at radius 3 is 2.52 bits per heavy atom. The van der Waals surface area contributed by atoms with Crippen LogP contribution in [-0.4, -0.2) is 13.4 Å². The zero-order valence-corrected chi connectivity index (χ0v) is 12.3. The van der Waals surface area contributed by atoms with Gasteiger partial charge in [0.1, 0.15) is 16.5 Å². The van der Waals surface area contributed by atoms with Gasteiger partial charge in [0.2, 0.25) is 0 Å². The second kappa shape index (κ2) is 5.40. The topological polar surface area (TPSA) is 73.0 Å². The van der Waals surface area contributed by atoms with Crippen LogP contribution in [0.3, 0.4) is 0 Å². The highest BCUT2D eigenvalue weighted by Gasteiger charge is 2.22. The lowest BCUT2D eigenvalue weighted by Gasteiger charge is -2.11. The highest BCUT2D eigenvalue weighted by Crippen LogP contribution is 2.24. The van der Waals surface area contributed by atoms with Crippen molar-refractivity contribution in [3.63, 3.8) is 0 Å². The first-order valence-corrected chi connectivity index (χ1v) is 7.76. The van der Waals surface area contributed by atoms with Gasteiger partial charge in [0, 0.05) is 18.0 Å². The number of sulfone groups is 1. The van der Waals surface area contributed by atoms with Gasteiger partial charge >= 0.3 is 0 Å². The van der Waals surface area contributed by atoms with Crippen LogP contribution in [-0.2, 0) is 15.6 Å². The van der Waals surface area contributed by atoms with Crippen LogP contribution in [0.1, 0.15) is 16.8 Å². The van der Waals surface area contributed by atoms with Crippen LogP contribution < -0.4 is 5.73 Å². The Hall–Kier alpha value is -2.02. The third-order valence-corrected chi connectivity index (χ3v) is 4.89. The number of pyridine rings is 1. The molecule has 2 N–H and O–H groups in total. The van der Waals surface area contributed by atoms with Crippen LogP contribution in [0.15, 0.2) is 29.3 Å². The molecular weight excluding hydrogens is 298 g/mol. The lowest BCUT2D eigenvalue weighted by molar-refractivity contribution is 0.548. The van der Waals surface area contributed by atoms with Crippen molar-refractivity contribution in [2.24, 2.45) is 0 Å². The summed E-state index contributed by atoms with van der Waals surface area (Å²) < 4.78 is 51.0. The maximum absolute atomic E-state index is 13.6. The Morgan fingerprint density at radius 2 is 1.90 bits per heavy atom. The van der Waals surface area contributed by atoms with E-state index in [1.807, 2.05) is 0 Å². The SMILES string of the molecule is Cc1cnc(CS(=O)(=O)c2ccc(F)cc2F)c(C)c1N. The standard InChI is InChI=1S/C14H14F2N2O2S/c1-8-6-18-12(9(2)14(8)17)7-21(19,20)13-4-3-10(15)5-11(13)16/h3-6H,7H2,1-2H3,(H2,17,18). The molecule has 4 nitrogen and oxygen atoms in total. The minimum Gasteiger partial charge on any atom is -0.398 e. The van der Waals surface area contributed by atoms with Crippen LogP contribution in [0.5, 0.6) is 0 Å². The summed E-state index contributed by atoms with van der Waals surface area (Å²) in [4.78, 5) is 3.49. The van der Waals surface area contributed by atoms with Gasteiger partial charge in [-0.1, -0.05) is 0 Å². The Bertz CT molecular complexity index is 805. The molecule has 0 fully saturated rings. The molecule has 0 aliphatic heterocycles. The van der Waals surface area contributed by atoms with Gasteiger partial charge in [0.15, 0.2) is 9.84 Å². The second-order valence-corrected chi connectivity index (χ2v) is 6.72. The normalized spacial score (nSPS) is 11.6. The fraction of sp³-hybridized carbons (Fsp3) is 0.214. The third kappa shape index (κ3) is 3.02. The molecule has 0 saturated heterocycles. The number of aromatic nitrogens is 1. The lowest BCUT2D eigenvalue weighted by atomic mass is 10.1. The molecule has 0 bridgehead atoms. The van der Waals surface area contributed by atoms with Gasteiger partial charge in [-0.15, -0.1) is 0 Å². The molecule has 1 aromatic carbocycles. The molecule has 1 aromatic heterocycles. The van der Waals surface area contributed by atoms with E-state index in [0.717, 1.165) is 17.7 Å². The van der Waals surface area contributed by atoms with Crippen molar-refractivity contribution >= 4 is 15.5 Å². The molecule has 112 valence electrons. The van der Waals surface area contributed by atoms with Crippen LogP contribution in [0.4, 0.5) is 14.5 Å². The first kappa shape index (κ1) is 15.4. The number of hydrogen-bond acceptors (Lipinski definition) is 4. The quantitative estimate of drug-likeness (QED) is 0.884. The third-order valence-electron chi connectivity index (χ3n) is 3.23. The first-order chi connectivity index (χ1) is 9.72. The highest BCUT2D eigenvalue weighted by atomic mass is 32.2. The number of halogens is 2. The summed E-state index contributed by atoms with van der Waals surface area (Å²) in [5, 5.41) is 0. The fourth-order valence-corrected chi connectivity index (χ4v) is 3.36. The summed E-state index contributed by atoms with van der Waals surface area (Å²) in [6.07, 6.45) is 1.47. The van der Waals surface area contributed by atoms with Crippen molar-refractivity contribution in [2.45, 2.75) is 24.5 Å². The molecule has 7 heteroatoms. The van der Waals surface area contributed by atoms with Gasteiger partial charge < -0.3 is 5.73 Å². The van der Waals surface area contributed by atoms with E-state index in [-0.39, 0.29) is 5.69 Å². The van der Waals surface area contributed by atoms with E-state index in [2.05, 4.69) is 4.98 Å². The van der Waals surface area contributed by atoms with Gasteiger partial charge in [-0.2, -0.15) is 0 Å². The summed E-state index contributed by atoms with van der Waals surface area (Å²) >= 11 is 0. The Kier molecular flexibility index (Phi) is 3.95. The number of nitrogen functional groups attached to an aromatic ring is 1. The number of benzene rings is 1. The maximum Gasteiger partial charge on any atom is 0.186 e. The molecule has 0 spiro atoms. The molecule has 21 heavy (non-hydrogen) atoms. The molecule has 0 aliphatic carbocycles. The van der Waals surface area contributed by atoms with E-state index < -0.39 is 32.1 Å². The summed E-state index contributed by atoms with van der Waals surface area (Å²) in [5.74, 6) is -2.45. The number of rotatable bonds is 3. The van der Waals surface area contributed by atoms with E-state index in [4.69, 9.17) is 5.73 Å². The molecule has 0 aliphatic rings. The lowest BCUT2D eigenvalue weighted by Crippen LogP contribution is -2.11. The molecule has 0 unspecified atom stereocenters. The summed E-state index contributed by atoms with van der Waals surface area (Å²) in [5.41, 5.74) is 7.82. The van der Waals surface area contributed by atoms with Crippen LogP contribution in [0.25, 0.3) is 0 Å². The first-order valence-electron chi connectivity index (χ1n) is 6.10. The minimum atomic E-state index is -3.97. The van der Waals surface area contributed by atoms with Crippen LogP contribution in [0.2, 0.25) is 0 Å². The van der Waals surface area contributed by atoms with E-state index in [1.54, 1.807) is 13.8 Å². The largest absolute Gasteiger partial charge is 0.398 e. The number of nitrogens with two attached hydrogens (primary N) is 1. The van der Waals surface area contributed by atoms with Crippen LogP contribution >= 0.6 is 0 Å². The summed E-state index contributed by atoms with van der Waals surface area (Å²) in [6, 6.07) is 2.35. The van der Waals surface area contributed by atoms with Crippen molar-refractivity contribution in [3.8, 4) is 0 Å². The Balaban J connectivity index is 2.45. The average Bonchev–Trinajstić information content (AvgIpc) is 2.39. The summed E-state index contributed by atoms with van der Waals surface area (Å²) in [6.45, 7) is 3.41. The van der Waals surface area contributed by atoms with Gasteiger partial charge in [-0.3, -0.25) is 4.98 Å². The van der Waals surface area contributed by atoms with E-state index in [9.17, 15) is 17.2 Å². The van der Waals surface area contributed by atoms with Crippen LogP contribution in [0, 0.1) is 25.5 Å². The zero-order valence-electron chi connectivity index (χ0n) is 11.5. The van der Waals surface area contributed by atoms with E-state index in [0.29, 0.717) is 17.3 Å². The number of anilines is 1. The molecule has 0 amide bonds. The van der Waals surface area contributed by atoms with Crippen molar-refractivity contribution in [2.75, 3.05) is 5.73 Å². The number of aryl methyl sites for hydroxylation is 1. The number of nitrogens with zero attached hydrogens (tertiary/aromatic N) is 1.